The Kier molecular flexibility index (Phi) is 6.96. The van der Waals surface area contributed by atoms with Gasteiger partial charge in [-0.2, -0.15) is 15.0 Å². The maximum atomic E-state index is 6.27. The molecule has 11 heteroatoms. The molecule has 2 saturated heterocycles. The van der Waals surface area contributed by atoms with Crippen LogP contribution in [-0.2, 0) is 6.54 Å². The highest BCUT2D eigenvalue weighted by atomic mass is 35.5. The standard InChI is InChI=1S/C21H33ClN10/c1-12-13(3-2-4-18(12)22)7-27-19-28-20(31-8-14(23)5-15(24)9-31)30-21(29-19)32-10-16(25)6-17(26)11-32/h2-4,14-17H,5-11,23-26H2,1H3,(H,27,28,29,30). The van der Waals surface area contributed by atoms with Gasteiger partial charge in [-0.1, -0.05) is 23.7 Å². The monoisotopic (exact) mass is 460 g/mol. The fraction of sp³-hybridized carbons (Fsp3) is 0.571. The van der Waals surface area contributed by atoms with E-state index < -0.39 is 0 Å². The van der Waals surface area contributed by atoms with E-state index in [9.17, 15) is 0 Å². The lowest BCUT2D eigenvalue weighted by Gasteiger charge is -2.37. The third kappa shape index (κ3) is 5.38. The molecule has 174 valence electrons. The zero-order valence-electron chi connectivity index (χ0n) is 18.4. The number of hydrogen-bond acceptors (Lipinski definition) is 10. The highest BCUT2D eigenvalue weighted by molar-refractivity contribution is 6.31. The molecular formula is C21H33ClN10. The fourth-order valence-corrected chi connectivity index (χ4v) is 4.61. The molecule has 0 radical (unpaired) electrons. The predicted octanol–water partition coefficient (Wildman–Crippen LogP) is 0.175. The summed E-state index contributed by atoms with van der Waals surface area (Å²) in [5.74, 6) is 1.59. The fourth-order valence-electron chi connectivity index (χ4n) is 4.42. The summed E-state index contributed by atoms with van der Waals surface area (Å²) in [6.07, 6.45) is 1.56. The topological polar surface area (TPSA) is 161 Å². The molecule has 0 spiro atoms. The maximum absolute atomic E-state index is 6.27. The smallest absolute Gasteiger partial charge is 0.232 e. The summed E-state index contributed by atoms with van der Waals surface area (Å²) in [6, 6.07) is 5.74. The molecule has 2 fully saturated rings. The molecule has 0 saturated carbocycles. The molecule has 4 atom stereocenters. The van der Waals surface area contributed by atoms with E-state index in [1.165, 1.54) is 0 Å². The van der Waals surface area contributed by atoms with Crippen molar-refractivity contribution in [1.29, 1.82) is 0 Å². The third-order valence-electron chi connectivity index (χ3n) is 6.02. The molecule has 32 heavy (non-hydrogen) atoms. The Morgan fingerprint density at radius 1 is 0.875 bits per heavy atom. The van der Waals surface area contributed by atoms with Crippen molar-refractivity contribution in [3.05, 3.63) is 34.3 Å². The van der Waals surface area contributed by atoms with Gasteiger partial charge >= 0.3 is 0 Å². The van der Waals surface area contributed by atoms with Crippen LogP contribution in [0.15, 0.2) is 18.2 Å². The summed E-state index contributed by atoms with van der Waals surface area (Å²) < 4.78 is 0. The third-order valence-corrected chi connectivity index (χ3v) is 6.43. The van der Waals surface area contributed by atoms with Crippen molar-refractivity contribution < 1.29 is 0 Å². The number of benzene rings is 1. The second-order valence-electron chi connectivity index (χ2n) is 8.96. The normalized spacial score (nSPS) is 26.3. The molecule has 0 bridgehead atoms. The molecule has 3 heterocycles. The van der Waals surface area contributed by atoms with E-state index in [0.717, 1.165) is 29.0 Å². The first-order valence-corrected chi connectivity index (χ1v) is 11.4. The van der Waals surface area contributed by atoms with Gasteiger partial charge in [0.15, 0.2) is 0 Å². The molecule has 4 unspecified atom stereocenters. The lowest BCUT2D eigenvalue weighted by molar-refractivity contribution is 0.441. The Hall–Kier alpha value is -2.24. The number of rotatable bonds is 5. The number of nitrogens with two attached hydrogens (primary N) is 4. The molecule has 9 N–H and O–H groups in total. The van der Waals surface area contributed by atoms with Crippen LogP contribution in [0, 0.1) is 6.92 Å². The van der Waals surface area contributed by atoms with Gasteiger partial charge in [0.1, 0.15) is 0 Å². The summed E-state index contributed by atoms with van der Waals surface area (Å²) in [4.78, 5) is 18.2. The Labute approximate surface area is 193 Å². The van der Waals surface area contributed by atoms with E-state index in [2.05, 4.69) is 15.3 Å². The van der Waals surface area contributed by atoms with E-state index in [1.54, 1.807) is 0 Å². The van der Waals surface area contributed by atoms with Crippen molar-refractivity contribution in [2.75, 3.05) is 41.3 Å². The summed E-state index contributed by atoms with van der Waals surface area (Å²) in [5, 5.41) is 4.06. The lowest BCUT2D eigenvalue weighted by atomic mass is 10.0. The zero-order chi connectivity index (χ0) is 22.8. The van der Waals surface area contributed by atoms with Crippen LogP contribution in [0.1, 0.15) is 24.0 Å². The molecule has 10 nitrogen and oxygen atoms in total. The van der Waals surface area contributed by atoms with Crippen molar-refractivity contribution in [3.8, 4) is 0 Å². The van der Waals surface area contributed by atoms with Gasteiger partial charge in [0.25, 0.3) is 0 Å². The largest absolute Gasteiger partial charge is 0.350 e. The van der Waals surface area contributed by atoms with Crippen molar-refractivity contribution in [1.82, 2.24) is 15.0 Å². The molecule has 4 rings (SSSR count). The highest BCUT2D eigenvalue weighted by Crippen LogP contribution is 2.23. The van der Waals surface area contributed by atoms with E-state index in [-0.39, 0.29) is 24.2 Å². The van der Waals surface area contributed by atoms with Gasteiger partial charge in [-0.15, -0.1) is 0 Å². The van der Waals surface area contributed by atoms with Crippen LogP contribution >= 0.6 is 11.6 Å². The van der Waals surface area contributed by atoms with E-state index in [1.807, 2.05) is 34.9 Å². The molecule has 1 aromatic carbocycles. The number of nitrogens with one attached hydrogen (secondary N) is 1. The summed E-state index contributed by atoms with van der Waals surface area (Å²) in [7, 11) is 0. The van der Waals surface area contributed by atoms with Gasteiger partial charge in [0.2, 0.25) is 17.8 Å². The second-order valence-corrected chi connectivity index (χ2v) is 9.37. The SMILES string of the molecule is Cc1c(Cl)cccc1CNc1nc(N2CC(N)CC(N)C2)nc(N2CC(N)CC(N)C2)n1. The van der Waals surface area contributed by atoms with Gasteiger partial charge in [0.05, 0.1) is 0 Å². The average Bonchev–Trinajstić information content (AvgIpc) is 2.73. The van der Waals surface area contributed by atoms with Crippen LogP contribution in [0.5, 0.6) is 0 Å². The van der Waals surface area contributed by atoms with Crippen molar-refractivity contribution >= 4 is 29.4 Å². The quantitative estimate of drug-likeness (QED) is 0.416. The van der Waals surface area contributed by atoms with Crippen molar-refractivity contribution in [3.63, 3.8) is 0 Å². The molecule has 0 aliphatic carbocycles. The van der Waals surface area contributed by atoms with Crippen molar-refractivity contribution in [2.24, 2.45) is 22.9 Å². The van der Waals surface area contributed by atoms with Gasteiger partial charge < -0.3 is 38.1 Å². The number of hydrogen-bond donors (Lipinski definition) is 5. The van der Waals surface area contributed by atoms with E-state index >= 15 is 0 Å². The molecule has 1 aromatic heterocycles. The van der Waals surface area contributed by atoms with Gasteiger partial charge in [-0.3, -0.25) is 0 Å². The number of halogens is 1. The molecule has 2 aliphatic rings. The van der Waals surface area contributed by atoms with Gasteiger partial charge in [0, 0.05) is 61.9 Å². The zero-order valence-corrected chi connectivity index (χ0v) is 19.2. The van der Waals surface area contributed by atoms with Crippen LogP contribution in [0.2, 0.25) is 5.02 Å². The Morgan fingerprint density at radius 2 is 1.38 bits per heavy atom. The second kappa shape index (κ2) is 9.72. The Balaban J connectivity index is 1.63. The van der Waals surface area contributed by atoms with Gasteiger partial charge in [-0.25, -0.2) is 0 Å². The van der Waals surface area contributed by atoms with E-state index in [4.69, 9.17) is 39.5 Å². The molecular weight excluding hydrogens is 428 g/mol. The Morgan fingerprint density at radius 3 is 1.88 bits per heavy atom. The summed E-state index contributed by atoms with van der Waals surface area (Å²) in [5.41, 5.74) is 26.9. The maximum Gasteiger partial charge on any atom is 0.232 e. The first-order chi connectivity index (χ1) is 15.3. The lowest BCUT2D eigenvalue weighted by Crippen LogP contribution is -2.54. The van der Waals surface area contributed by atoms with Crippen molar-refractivity contribution in [2.45, 2.75) is 50.5 Å². The minimum Gasteiger partial charge on any atom is -0.350 e. The summed E-state index contributed by atoms with van der Waals surface area (Å²) in [6.45, 7) is 5.10. The van der Waals surface area contributed by atoms with Crippen LogP contribution in [-0.4, -0.2) is 65.3 Å². The highest BCUT2D eigenvalue weighted by Gasteiger charge is 2.28. The van der Waals surface area contributed by atoms with Crippen LogP contribution in [0.4, 0.5) is 17.8 Å². The number of nitrogens with zero attached hydrogens (tertiary/aromatic N) is 5. The first-order valence-electron chi connectivity index (χ1n) is 11.0. The van der Waals surface area contributed by atoms with E-state index in [0.29, 0.717) is 50.6 Å². The Bertz CT molecular complexity index is 877. The molecule has 0 amide bonds. The number of anilines is 3. The predicted molar refractivity (Wildman–Crippen MR) is 129 cm³/mol. The average molecular weight is 461 g/mol. The number of piperidine rings is 2. The van der Waals surface area contributed by atoms with Crippen LogP contribution in [0.25, 0.3) is 0 Å². The first kappa shape index (κ1) is 22.9. The molecule has 2 aromatic rings. The van der Waals surface area contributed by atoms with Crippen LogP contribution in [0.3, 0.4) is 0 Å². The summed E-state index contributed by atoms with van der Waals surface area (Å²) >= 11 is 6.27. The minimum absolute atomic E-state index is 0.0266. The molecule has 2 aliphatic heterocycles. The number of aromatic nitrogens is 3. The van der Waals surface area contributed by atoms with Gasteiger partial charge in [-0.05, 0) is 37.0 Å². The minimum atomic E-state index is -0.0266. The van der Waals surface area contributed by atoms with Crippen LogP contribution < -0.4 is 38.1 Å².